The first-order valence-corrected chi connectivity index (χ1v) is 7.11. The average molecular weight is 236 g/mol. The number of ketones is 1. The maximum atomic E-state index is 12.1. The molecule has 0 spiro atoms. The Balaban J connectivity index is 2.41. The molecule has 0 aliphatic heterocycles. The lowest BCUT2D eigenvalue weighted by Crippen LogP contribution is -2.55. The molecule has 98 valence electrons. The molecule has 0 aromatic rings. The molecule has 2 saturated carbocycles. The summed E-state index contributed by atoms with van der Waals surface area (Å²) in [7, 11) is 0. The molecule has 2 aliphatic carbocycles. The molecule has 0 bridgehead atoms. The summed E-state index contributed by atoms with van der Waals surface area (Å²) in [6.07, 6.45) is 4.21. The van der Waals surface area contributed by atoms with Crippen molar-refractivity contribution in [2.45, 2.75) is 67.2 Å². The Kier molecular flexibility index (Phi) is 2.76. The highest BCUT2D eigenvalue weighted by molar-refractivity contribution is 5.81. The van der Waals surface area contributed by atoms with Crippen LogP contribution in [0.5, 0.6) is 0 Å². The zero-order chi connectivity index (χ0) is 13.1. The molecule has 3 unspecified atom stereocenters. The van der Waals surface area contributed by atoms with Crippen molar-refractivity contribution in [3.05, 3.63) is 0 Å². The molecule has 1 heteroatoms. The van der Waals surface area contributed by atoms with Gasteiger partial charge in [0.15, 0.2) is 0 Å². The van der Waals surface area contributed by atoms with E-state index in [4.69, 9.17) is 0 Å². The quantitative estimate of drug-likeness (QED) is 0.607. The smallest absolute Gasteiger partial charge is 0.134 e. The number of hydrogen-bond acceptors (Lipinski definition) is 1. The topological polar surface area (TPSA) is 17.1 Å². The van der Waals surface area contributed by atoms with Crippen LogP contribution in [0.2, 0.25) is 0 Å². The van der Waals surface area contributed by atoms with Crippen molar-refractivity contribution in [1.29, 1.82) is 0 Å². The number of carbonyl (C=O) groups excluding carboxylic acids is 1. The van der Waals surface area contributed by atoms with Gasteiger partial charge in [-0.3, -0.25) is 4.79 Å². The SMILES string of the molecule is CC1C(C)(C)CCC2C(C)(C)CC(=O)CC12C. The van der Waals surface area contributed by atoms with Crippen LogP contribution in [-0.4, -0.2) is 5.78 Å². The normalized spacial score (nSPS) is 44.2. The molecule has 2 rings (SSSR count). The molecule has 1 nitrogen and oxygen atoms in total. The number of hydrogen-bond donors (Lipinski definition) is 0. The summed E-state index contributed by atoms with van der Waals surface area (Å²) in [6.45, 7) is 14.1. The Morgan fingerprint density at radius 2 is 1.59 bits per heavy atom. The van der Waals surface area contributed by atoms with Crippen LogP contribution in [0.4, 0.5) is 0 Å². The lowest BCUT2D eigenvalue weighted by Gasteiger charge is -2.60. The van der Waals surface area contributed by atoms with E-state index in [2.05, 4.69) is 41.5 Å². The van der Waals surface area contributed by atoms with Gasteiger partial charge in [0.05, 0.1) is 0 Å². The Labute approximate surface area is 106 Å². The number of carbonyl (C=O) groups is 1. The van der Waals surface area contributed by atoms with E-state index in [0.717, 1.165) is 18.8 Å². The van der Waals surface area contributed by atoms with Crippen LogP contribution in [0.25, 0.3) is 0 Å². The molecule has 0 saturated heterocycles. The standard InChI is InChI=1S/C16H28O/c1-11-14(2,3)8-7-13-15(4,5)9-12(17)10-16(11,13)6/h11,13H,7-10H2,1-6H3. The van der Waals surface area contributed by atoms with Crippen LogP contribution < -0.4 is 0 Å². The minimum Gasteiger partial charge on any atom is -0.300 e. The first-order chi connectivity index (χ1) is 7.59. The lowest BCUT2D eigenvalue weighted by molar-refractivity contribution is -0.150. The van der Waals surface area contributed by atoms with E-state index in [9.17, 15) is 4.79 Å². The highest BCUT2D eigenvalue weighted by Crippen LogP contribution is 2.63. The highest BCUT2D eigenvalue weighted by Gasteiger charge is 2.57. The summed E-state index contributed by atoms with van der Waals surface area (Å²) >= 11 is 0. The largest absolute Gasteiger partial charge is 0.300 e. The Hall–Kier alpha value is -0.330. The van der Waals surface area contributed by atoms with Crippen molar-refractivity contribution in [3.63, 3.8) is 0 Å². The van der Waals surface area contributed by atoms with E-state index in [1.807, 2.05) is 0 Å². The van der Waals surface area contributed by atoms with E-state index in [-0.39, 0.29) is 10.8 Å². The summed E-state index contributed by atoms with van der Waals surface area (Å²) in [4.78, 5) is 12.1. The minimum atomic E-state index is 0.203. The van der Waals surface area contributed by atoms with Gasteiger partial charge in [-0.15, -0.1) is 0 Å². The molecule has 3 atom stereocenters. The zero-order valence-electron chi connectivity index (χ0n) is 12.4. The fourth-order valence-corrected chi connectivity index (χ4v) is 4.94. The van der Waals surface area contributed by atoms with Crippen LogP contribution >= 0.6 is 0 Å². The fourth-order valence-electron chi connectivity index (χ4n) is 4.94. The van der Waals surface area contributed by atoms with Gasteiger partial charge in [-0.05, 0) is 40.9 Å². The second kappa shape index (κ2) is 3.59. The monoisotopic (exact) mass is 236 g/mol. The van der Waals surface area contributed by atoms with Crippen LogP contribution in [-0.2, 0) is 4.79 Å². The van der Waals surface area contributed by atoms with Crippen LogP contribution in [0.15, 0.2) is 0 Å². The van der Waals surface area contributed by atoms with Gasteiger partial charge < -0.3 is 0 Å². The van der Waals surface area contributed by atoms with Crippen molar-refractivity contribution in [2.75, 3.05) is 0 Å². The minimum absolute atomic E-state index is 0.203. The Morgan fingerprint density at radius 1 is 1.00 bits per heavy atom. The molecular formula is C16H28O. The van der Waals surface area contributed by atoms with E-state index in [1.54, 1.807) is 0 Å². The first-order valence-electron chi connectivity index (χ1n) is 7.11. The summed E-state index contributed by atoms with van der Waals surface area (Å²) in [5.41, 5.74) is 0.814. The molecule has 0 amide bonds. The van der Waals surface area contributed by atoms with E-state index in [0.29, 0.717) is 17.1 Å². The molecule has 2 aliphatic rings. The molecule has 0 aromatic heterocycles. The number of fused-ring (bicyclic) bond motifs is 1. The van der Waals surface area contributed by atoms with Gasteiger partial charge in [-0.1, -0.05) is 41.5 Å². The maximum Gasteiger partial charge on any atom is 0.134 e. The molecular weight excluding hydrogens is 208 g/mol. The molecule has 0 N–H and O–H groups in total. The van der Waals surface area contributed by atoms with Crippen molar-refractivity contribution in [1.82, 2.24) is 0 Å². The highest BCUT2D eigenvalue weighted by atomic mass is 16.1. The maximum absolute atomic E-state index is 12.1. The predicted molar refractivity (Wildman–Crippen MR) is 71.8 cm³/mol. The van der Waals surface area contributed by atoms with Crippen molar-refractivity contribution >= 4 is 5.78 Å². The zero-order valence-corrected chi connectivity index (χ0v) is 12.4. The molecule has 2 fully saturated rings. The molecule has 0 aromatic carbocycles. The van der Waals surface area contributed by atoms with Crippen LogP contribution in [0, 0.1) is 28.1 Å². The fraction of sp³-hybridized carbons (Fsp3) is 0.938. The van der Waals surface area contributed by atoms with E-state index >= 15 is 0 Å². The summed E-state index contributed by atoms with van der Waals surface area (Å²) in [6, 6.07) is 0. The second-order valence-electron chi connectivity index (χ2n) is 8.19. The van der Waals surface area contributed by atoms with Crippen molar-refractivity contribution in [2.24, 2.45) is 28.1 Å². The predicted octanol–water partition coefficient (Wildman–Crippen LogP) is 4.45. The van der Waals surface area contributed by atoms with E-state index in [1.165, 1.54) is 12.8 Å². The van der Waals surface area contributed by atoms with Gasteiger partial charge in [0.25, 0.3) is 0 Å². The third kappa shape index (κ3) is 1.86. The summed E-state index contributed by atoms with van der Waals surface area (Å²) in [5.74, 6) is 1.84. The van der Waals surface area contributed by atoms with Gasteiger partial charge in [0.1, 0.15) is 5.78 Å². The Morgan fingerprint density at radius 3 is 2.18 bits per heavy atom. The van der Waals surface area contributed by atoms with Gasteiger partial charge in [0, 0.05) is 12.8 Å². The number of Topliss-reactive ketones (excluding diaryl/α,β-unsaturated/α-hetero) is 1. The van der Waals surface area contributed by atoms with Gasteiger partial charge in [0.2, 0.25) is 0 Å². The third-order valence-electron chi connectivity index (χ3n) is 6.21. The van der Waals surface area contributed by atoms with Gasteiger partial charge >= 0.3 is 0 Å². The molecule has 0 heterocycles. The van der Waals surface area contributed by atoms with Crippen LogP contribution in [0.3, 0.4) is 0 Å². The lowest BCUT2D eigenvalue weighted by atomic mass is 9.44. The molecule has 0 radical (unpaired) electrons. The summed E-state index contributed by atoms with van der Waals surface area (Å²) < 4.78 is 0. The van der Waals surface area contributed by atoms with Crippen LogP contribution in [0.1, 0.15) is 67.2 Å². The van der Waals surface area contributed by atoms with Gasteiger partial charge in [-0.2, -0.15) is 0 Å². The van der Waals surface area contributed by atoms with Crippen molar-refractivity contribution in [3.8, 4) is 0 Å². The second-order valence-corrected chi connectivity index (χ2v) is 8.19. The average Bonchev–Trinajstić information content (AvgIpc) is 2.11. The third-order valence-corrected chi connectivity index (χ3v) is 6.21. The Bertz CT molecular complexity index is 339. The van der Waals surface area contributed by atoms with E-state index < -0.39 is 0 Å². The first kappa shape index (κ1) is 13.1. The molecule has 17 heavy (non-hydrogen) atoms. The summed E-state index contributed by atoms with van der Waals surface area (Å²) in [5, 5.41) is 0. The van der Waals surface area contributed by atoms with Crippen molar-refractivity contribution < 1.29 is 4.79 Å². The number of rotatable bonds is 0. The van der Waals surface area contributed by atoms with Gasteiger partial charge in [-0.25, -0.2) is 0 Å².